The number of hydrogen-bond donors (Lipinski definition) is 6. The maximum absolute atomic E-state index is 14.7. The first-order valence-electron chi connectivity index (χ1n) is 37.7. The molecular formula is C80H102ClF3N10O13S4. The van der Waals surface area contributed by atoms with E-state index in [0.29, 0.717) is 56.7 Å². The highest BCUT2D eigenvalue weighted by atomic mass is 35.5. The highest BCUT2D eigenvalue weighted by molar-refractivity contribution is 7.99. The Morgan fingerprint density at radius 2 is 1.50 bits per heavy atom. The lowest BCUT2D eigenvalue weighted by Crippen LogP contribution is -2.58. The second-order valence-electron chi connectivity index (χ2n) is 31.2. The molecule has 5 heterocycles. The van der Waals surface area contributed by atoms with Gasteiger partial charge in [-0.3, -0.25) is 29.0 Å². The van der Waals surface area contributed by atoms with Crippen LogP contribution in [0.2, 0.25) is 5.02 Å². The normalized spacial score (nSPS) is 19.9. The van der Waals surface area contributed by atoms with Gasteiger partial charge >= 0.3 is 5.51 Å². The van der Waals surface area contributed by atoms with Crippen molar-refractivity contribution in [3.63, 3.8) is 0 Å². The number of thiazole rings is 1. The van der Waals surface area contributed by atoms with E-state index in [1.54, 1.807) is 49.8 Å². The van der Waals surface area contributed by atoms with E-state index in [-0.39, 0.29) is 75.4 Å². The molecule has 3 saturated heterocycles. The summed E-state index contributed by atoms with van der Waals surface area (Å²) in [4.78, 5) is 69.3. The number of ether oxygens (including phenoxy) is 3. The summed E-state index contributed by atoms with van der Waals surface area (Å²) < 4.78 is 118. The van der Waals surface area contributed by atoms with Crippen molar-refractivity contribution in [2.24, 2.45) is 10.8 Å². The maximum Gasteiger partial charge on any atom is 0.501 e. The van der Waals surface area contributed by atoms with Gasteiger partial charge in [0.05, 0.1) is 71.8 Å². The number of benzene rings is 5. The Labute approximate surface area is 662 Å². The minimum absolute atomic E-state index is 0.0166. The predicted molar refractivity (Wildman–Crippen MR) is 425 cm³/mol. The van der Waals surface area contributed by atoms with Crippen LogP contribution in [0.5, 0.6) is 0 Å². The lowest BCUT2D eigenvalue weighted by atomic mass is 9.72. The smallest absolute Gasteiger partial charge is 0.391 e. The number of β-amino-alcohol motifs (C(OH)–C–C–N with tert-alkyl or cyclic N) is 1. The molecule has 2 unspecified atom stereocenters. The summed E-state index contributed by atoms with van der Waals surface area (Å²) in [5, 5.41) is 31.3. The van der Waals surface area contributed by atoms with E-state index in [9.17, 15) is 59.4 Å². The molecule has 4 aliphatic heterocycles. The van der Waals surface area contributed by atoms with Gasteiger partial charge in [-0.1, -0.05) is 106 Å². The Balaban J connectivity index is 0.617. The number of likely N-dealkylation sites (tertiary alicyclic amines) is 1. The highest BCUT2D eigenvalue weighted by Gasteiger charge is 2.49. The zero-order chi connectivity index (χ0) is 79.6. The molecule has 6 N–H and O–H groups in total. The summed E-state index contributed by atoms with van der Waals surface area (Å²) in [5.41, 5.74) is 3.57. The van der Waals surface area contributed by atoms with E-state index >= 15 is 0 Å². The van der Waals surface area contributed by atoms with Gasteiger partial charge in [-0.25, -0.2) is 26.5 Å². The van der Waals surface area contributed by atoms with Gasteiger partial charge in [-0.2, -0.15) is 13.2 Å². The SMILES string of the molecule is Cc1ncsc1-c1ccc([C@H](C)NC(=O)[C@@H]2C[C@@H](O)CN2C(=O)[C@@H](NC(=O)COCCOCCOCC(O)N2CCN(CC[C@H](CSc3ccccc3)Nc3ccc(S(=O)(=O)NC(=O)c4ccc5c(c4)CCC4CN(CC6=C(c7ccc(Cl)cc7)CCC(C)(C)C6)CCN54)cc3S(=O)(=O)C(F)(F)F)CC2)C(C)(C)C)cc1. The highest BCUT2D eigenvalue weighted by Crippen LogP contribution is 2.44. The maximum atomic E-state index is 14.7. The molecule has 1 aromatic heterocycles. The number of alkyl halides is 3. The predicted octanol–water partition coefficient (Wildman–Crippen LogP) is 10.6. The first kappa shape index (κ1) is 84.9. The summed E-state index contributed by atoms with van der Waals surface area (Å²) in [7, 11) is -11.1. The zero-order valence-electron chi connectivity index (χ0n) is 63.8. The topological polar surface area (TPSA) is 282 Å². The van der Waals surface area contributed by atoms with Crippen LogP contribution >= 0.6 is 34.7 Å². The Bertz CT molecular complexity index is 4490. The van der Waals surface area contributed by atoms with Crippen molar-refractivity contribution in [1.29, 1.82) is 0 Å². The Kier molecular flexibility index (Phi) is 28.3. The lowest BCUT2D eigenvalue weighted by Gasteiger charge is -2.47. The number of rotatable bonds is 32. The molecule has 11 rings (SSSR count). The van der Waals surface area contributed by atoms with Crippen LogP contribution in [0.15, 0.2) is 141 Å². The standard InChI is InChI=1S/C80H102ClF3N10O13S4/c1-52(54-13-15-56(16-14-54)73-53(2)85-51-109-73)86-76(99)69-42-63(95)47-94(69)77(100)74(78(3,4)5)88-71(96)48-106-39-37-105-38-40-107-49-72(97)92-34-31-90(32-35-92)30-28-61(50-108-64-11-9-8-10-12-64)87-67-25-24-65(43-70(67)110(101,102)80(82,83)84)111(103,104)89-75(98)58-20-26-68-57(41-58)19-23-62-46-91(33-36-93(62)68)45-59-44-79(6,7)29-27-66(59)55-17-21-60(81)22-18-55/h8-18,20-22,24-26,41,43,51-52,61-63,69,72,74,87,95,97H,19,23,27-40,42,44-50H2,1-7H3,(H,86,99)(H,88,96)(H,89,98)/t52-,61+,62?,63+,69-,72?,74+/m0/s1. The van der Waals surface area contributed by atoms with Crippen LogP contribution in [-0.4, -0.2) is 228 Å². The summed E-state index contributed by atoms with van der Waals surface area (Å²) in [6.07, 6.45) is 2.97. The van der Waals surface area contributed by atoms with E-state index in [1.165, 1.54) is 39.4 Å². The second kappa shape index (κ2) is 37.1. The molecule has 3 fully saturated rings. The summed E-state index contributed by atoms with van der Waals surface area (Å²) in [6, 6.07) is 29.7. The van der Waals surface area contributed by atoms with Crippen molar-refractivity contribution < 1.29 is 73.6 Å². The number of sulfone groups is 1. The number of aryl methyl sites for hydroxylation is 2. The number of piperazine rings is 2. The van der Waals surface area contributed by atoms with Crippen LogP contribution in [0.25, 0.3) is 16.0 Å². The van der Waals surface area contributed by atoms with E-state index in [1.807, 2.05) is 90.2 Å². The third-order valence-corrected chi connectivity index (χ3v) is 26.6. The van der Waals surface area contributed by atoms with Gasteiger partial charge in [-0.05, 0) is 152 Å². The average molecular weight is 1630 g/mol. The van der Waals surface area contributed by atoms with Crippen LogP contribution in [-0.2, 0) is 54.9 Å². The molecule has 0 saturated carbocycles. The number of aliphatic hydroxyl groups is 2. The molecule has 7 atom stereocenters. The van der Waals surface area contributed by atoms with E-state index in [4.69, 9.17) is 25.8 Å². The molecule has 602 valence electrons. The molecule has 4 amide bonds. The Hall–Kier alpha value is -7.04. The van der Waals surface area contributed by atoms with Crippen LogP contribution in [0.4, 0.5) is 24.5 Å². The number of halogens is 4. The van der Waals surface area contributed by atoms with Gasteiger partial charge in [0.2, 0.25) is 17.7 Å². The van der Waals surface area contributed by atoms with Gasteiger partial charge in [-0.15, -0.1) is 23.1 Å². The first-order valence-corrected chi connectivity index (χ1v) is 42.9. The fraction of sp³-hybridized carbons (Fsp3) is 0.512. The molecule has 1 aliphatic carbocycles. The van der Waals surface area contributed by atoms with Gasteiger partial charge in [0.1, 0.15) is 29.8 Å². The van der Waals surface area contributed by atoms with Crippen LogP contribution in [0, 0.1) is 17.8 Å². The number of nitrogens with one attached hydrogen (secondary N) is 4. The lowest BCUT2D eigenvalue weighted by molar-refractivity contribution is -0.144. The third kappa shape index (κ3) is 22.1. The number of amides is 4. The van der Waals surface area contributed by atoms with Crippen molar-refractivity contribution >= 4 is 95.1 Å². The van der Waals surface area contributed by atoms with Crippen molar-refractivity contribution in [2.75, 3.05) is 121 Å². The Morgan fingerprint density at radius 1 is 0.811 bits per heavy atom. The van der Waals surface area contributed by atoms with Gasteiger partial charge < -0.3 is 55.1 Å². The van der Waals surface area contributed by atoms with Crippen molar-refractivity contribution in [3.8, 4) is 10.4 Å². The number of carbonyl (C=O) groups excluding carboxylic acids is 4. The summed E-state index contributed by atoms with van der Waals surface area (Å²) >= 11 is 9.21. The number of nitrogens with zero attached hydrogens (tertiary/aromatic N) is 6. The molecule has 31 heteroatoms. The molecule has 0 spiro atoms. The molecule has 0 radical (unpaired) electrons. The number of anilines is 2. The van der Waals surface area contributed by atoms with E-state index in [0.717, 1.165) is 102 Å². The van der Waals surface area contributed by atoms with Gasteiger partial charge in [0, 0.05) is 111 Å². The van der Waals surface area contributed by atoms with Crippen LogP contribution in [0.3, 0.4) is 0 Å². The van der Waals surface area contributed by atoms with Crippen molar-refractivity contribution in [1.82, 2.24) is 39.9 Å². The monoisotopic (exact) mass is 1630 g/mol. The van der Waals surface area contributed by atoms with Gasteiger partial charge in [0.15, 0.2) is 0 Å². The summed E-state index contributed by atoms with van der Waals surface area (Å²) in [5.74, 6) is -2.25. The van der Waals surface area contributed by atoms with Crippen LogP contribution in [0.1, 0.15) is 119 Å². The number of fused-ring (bicyclic) bond motifs is 3. The summed E-state index contributed by atoms with van der Waals surface area (Å²) in [6.45, 7) is 19.3. The molecule has 0 bridgehead atoms. The van der Waals surface area contributed by atoms with Crippen LogP contribution < -0.4 is 25.6 Å². The first-order chi connectivity index (χ1) is 52.7. The van der Waals surface area contributed by atoms with Crippen molar-refractivity contribution in [3.05, 3.63) is 159 Å². The van der Waals surface area contributed by atoms with E-state index in [2.05, 4.69) is 61.6 Å². The number of sulfonamides is 1. The molecule has 111 heavy (non-hydrogen) atoms. The minimum Gasteiger partial charge on any atom is -0.391 e. The zero-order valence-corrected chi connectivity index (χ0v) is 67.8. The number of carbonyl (C=O) groups is 4. The largest absolute Gasteiger partial charge is 0.501 e. The van der Waals surface area contributed by atoms with Gasteiger partial charge in [0.25, 0.3) is 25.8 Å². The number of hydrogen-bond acceptors (Lipinski definition) is 21. The molecule has 6 aromatic rings. The molecular weight excluding hydrogens is 1530 g/mol. The number of allylic oxidation sites excluding steroid dienone is 1. The number of thioether (sulfide) groups is 1. The third-order valence-electron chi connectivity index (χ3n) is 21.3. The fourth-order valence-corrected chi connectivity index (χ4v) is 19.1. The molecule has 5 aromatic carbocycles. The van der Waals surface area contributed by atoms with Crippen molar-refractivity contribution in [2.45, 2.75) is 156 Å². The second-order valence-corrected chi connectivity index (χ2v) is 37.1. The van der Waals surface area contributed by atoms with E-state index < -0.39 is 106 Å². The Morgan fingerprint density at radius 3 is 2.20 bits per heavy atom. The quantitative estimate of drug-likeness (QED) is 0.0169. The number of aromatic nitrogens is 1. The molecule has 23 nitrogen and oxygen atoms in total. The average Bonchev–Trinajstić information content (AvgIpc) is 1.46. The number of aliphatic hydroxyl groups excluding tert-OH is 2. The fourth-order valence-electron chi connectivity index (χ4n) is 15.1. The minimum atomic E-state index is -6.18. The molecule has 5 aliphatic rings.